The number of fused-ring (bicyclic) bond motifs is 1. The molecule has 5 heteroatoms. The standard InChI is InChI=1S/C20H18N4O/c1-24-19-17(20(21)25)11-16(12-18(19)22-23-24)15-9-7-14(8-10-15)13-5-3-2-4-6-13/h2-12,22-23H,1H3,(H2,21,25). The summed E-state index contributed by atoms with van der Waals surface area (Å²) in [5, 5.41) is 1.75. The van der Waals surface area contributed by atoms with Gasteiger partial charge in [0.15, 0.2) is 0 Å². The molecule has 0 aromatic heterocycles. The Hall–Kier alpha value is -3.31. The Morgan fingerprint density at radius 2 is 1.48 bits per heavy atom. The summed E-state index contributed by atoms with van der Waals surface area (Å²) in [6.45, 7) is 0. The summed E-state index contributed by atoms with van der Waals surface area (Å²) in [5.74, 6) is -0.448. The lowest BCUT2D eigenvalue weighted by Gasteiger charge is -2.14. The maximum atomic E-state index is 11.9. The largest absolute Gasteiger partial charge is 0.366 e. The lowest BCUT2D eigenvalue weighted by molar-refractivity contribution is 0.100. The number of primary amides is 1. The van der Waals surface area contributed by atoms with Crippen molar-refractivity contribution in [1.29, 1.82) is 0 Å². The summed E-state index contributed by atoms with van der Waals surface area (Å²) in [5.41, 5.74) is 18.0. The minimum Gasteiger partial charge on any atom is -0.366 e. The zero-order chi connectivity index (χ0) is 17.4. The van der Waals surface area contributed by atoms with Gasteiger partial charge in [0.25, 0.3) is 5.91 Å². The lowest BCUT2D eigenvalue weighted by Crippen LogP contribution is -2.32. The van der Waals surface area contributed by atoms with E-state index in [0.29, 0.717) is 5.56 Å². The van der Waals surface area contributed by atoms with Crippen molar-refractivity contribution in [2.45, 2.75) is 0 Å². The average molecular weight is 330 g/mol. The predicted octanol–water partition coefficient (Wildman–Crippen LogP) is 3.40. The van der Waals surface area contributed by atoms with Crippen LogP contribution < -0.4 is 21.7 Å². The molecule has 124 valence electrons. The molecule has 0 atom stereocenters. The molecule has 3 aromatic carbocycles. The third kappa shape index (κ3) is 2.70. The highest BCUT2D eigenvalue weighted by Crippen LogP contribution is 2.37. The Morgan fingerprint density at radius 3 is 2.12 bits per heavy atom. The molecule has 4 rings (SSSR count). The first-order valence-electron chi connectivity index (χ1n) is 8.02. The van der Waals surface area contributed by atoms with Gasteiger partial charge in [-0.05, 0) is 34.4 Å². The quantitative estimate of drug-likeness (QED) is 0.688. The van der Waals surface area contributed by atoms with Gasteiger partial charge in [0.05, 0.1) is 16.9 Å². The molecule has 1 aliphatic heterocycles. The van der Waals surface area contributed by atoms with Crippen LogP contribution >= 0.6 is 0 Å². The lowest BCUT2D eigenvalue weighted by atomic mass is 9.97. The number of nitrogens with one attached hydrogen (secondary N) is 2. The highest BCUT2D eigenvalue weighted by atomic mass is 16.1. The molecule has 0 saturated carbocycles. The van der Waals surface area contributed by atoms with Gasteiger partial charge in [0, 0.05) is 7.05 Å². The molecule has 1 aliphatic rings. The van der Waals surface area contributed by atoms with Crippen molar-refractivity contribution < 1.29 is 4.79 Å². The number of benzene rings is 3. The first kappa shape index (κ1) is 15.2. The molecule has 0 saturated heterocycles. The Kier molecular flexibility index (Phi) is 3.63. The van der Waals surface area contributed by atoms with Crippen molar-refractivity contribution >= 4 is 17.3 Å². The number of carbonyl (C=O) groups excluding carboxylic acids is 1. The SMILES string of the molecule is CN1NNc2cc(-c3ccc(-c4ccccc4)cc3)cc(C(N)=O)c21. The Bertz CT molecular complexity index is 936. The van der Waals surface area contributed by atoms with Gasteiger partial charge < -0.3 is 11.2 Å². The minimum atomic E-state index is -0.448. The Labute approximate surface area is 146 Å². The van der Waals surface area contributed by atoms with E-state index in [9.17, 15) is 4.79 Å². The summed E-state index contributed by atoms with van der Waals surface area (Å²) in [4.78, 5) is 11.9. The van der Waals surface area contributed by atoms with E-state index in [1.165, 1.54) is 5.56 Å². The van der Waals surface area contributed by atoms with Gasteiger partial charge in [0.1, 0.15) is 0 Å². The smallest absolute Gasteiger partial charge is 0.250 e. The third-order valence-corrected chi connectivity index (χ3v) is 4.39. The minimum absolute atomic E-state index is 0.448. The molecule has 0 bridgehead atoms. The maximum absolute atomic E-state index is 11.9. The first-order chi connectivity index (χ1) is 12.1. The molecular formula is C20H18N4O. The van der Waals surface area contributed by atoms with E-state index < -0.39 is 5.91 Å². The van der Waals surface area contributed by atoms with Crippen LogP contribution in [0.4, 0.5) is 11.4 Å². The number of nitrogens with zero attached hydrogens (tertiary/aromatic N) is 1. The molecule has 0 radical (unpaired) electrons. The van der Waals surface area contributed by atoms with Crippen LogP contribution in [-0.2, 0) is 0 Å². The number of hydrazine groups is 2. The molecule has 1 amide bonds. The highest BCUT2D eigenvalue weighted by molar-refractivity contribution is 6.04. The number of hydrogen-bond donors (Lipinski definition) is 3. The predicted molar refractivity (Wildman–Crippen MR) is 101 cm³/mol. The molecular weight excluding hydrogens is 312 g/mol. The normalized spacial score (nSPS) is 12.6. The summed E-state index contributed by atoms with van der Waals surface area (Å²) in [6.07, 6.45) is 0. The second kappa shape index (κ2) is 5.96. The van der Waals surface area contributed by atoms with Crippen molar-refractivity contribution in [3.8, 4) is 22.3 Å². The summed E-state index contributed by atoms with van der Waals surface area (Å²) in [6, 6.07) is 22.4. The van der Waals surface area contributed by atoms with E-state index in [1.807, 2.05) is 37.4 Å². The van der Waals surface area contributed by atoms with E-state index >= 15 is 0 Å². The van der Waals surface area contributed by atoms with Crippen LogP contribution in [0, 0.1) is 0 Å². The fourth-order valence-corrected chi connectivity index (χ4v) is 3.13. The zero-order valence-corrected chi connectivity index (χ0v) is 13.8. The molecule has 0 unspecified atom stereocenters. The van der Waals surface area contributed by atoms with Crippen LogP contribution in [0.25, 0.3) is 22.3 Å². The maximum Gasteiger partial charge on any atom is 0.250 e. The van der Waals surface area contributed by atoms with E-state index in [2.05, 4.69) is 47.4 Å². The monoisotopic (exact) mass is 330 g/mol. The number of anilines is 2. The average Bonchev–Trinajstić information content (AvgIpc) is 3.03. The van der Waals surface area contributed by atoms with Gasteiger partial charge >= 0.3 is 0 Å². The summed E-state index contributed by atoms with van der Waals surface area (Å²) < 4.78 is 0. The van der Waals surface area contributed by atoms with Gasteiger partial charge in [-0.25, -0.2) is 0 Å². The fourth-order valence-electron chi connectivity index (χ4n) is 3.13. The summed E-state index contributed by atoms with van der Waals surface area (Å²) in [7, 11) is 1.83. The summed E-state index contributed by atoms with van der Waals surface area (Å²) >= 11 is 0. The molecule has 5 nitrogen and oxygen atoms in total. The van der Waals surface area contributed by atoms with Crippen LogP contribution in [0.1, 0.15) is 10.4 Å². The second-order valence-electron chi connectivity index (χ2n) is 6.02. The van der Waals surface area contributed by atoms with Crippen LogP contribution in [0.3, 0.4) is 0 Å². The Balaban J connectivity index is 1.75. The van der Waals surface area contributed by atoms with E-state index in [1.54, 1.807) is 5.01 Å². The number of rotatable bonds is 3. The van der Waals surface area contributed by atoms with Crippen molar-refractivity contribution in [3.05, 3.63) is 72.3 Å². The Morgan fingerprint density at radius 1 is 0.880 bits per heavy atom. The van der Waals surface area contributed by atoms with E-state index in [-0.39, 0.29) is 0 Å². The number of nitrogens with two attached hydrogens (primary N) is 1. The molecule has 0 spiro atoms. The molecule has 1 heterocycles. The van der Waals surface area contributed by atoms with Crippen molar-refractivity contribution in [2.75, 3.05) is 17.5 Å². The van der Waals surface area contributed by atoms with Crippen LogP contribution in [-0.4, -0.2) is 13.0 Å². The number of hydrogen-bond acceptors (Lipinski definition) is 4. The van der Waals surface area contributed by atoms with E-state index in [0.717, 1.165) is 28.1 Å². The van der Waals surface area contributed by atoms with Gasteiger partial charge in [-0.2, -0.15) is 0 Å². The third-order valence-electron chi connectivity index (χ3n) is 4.39. The van der Waals surface area contributed by atoms with Gasteiger partial charge in [-0.15, -0.1) is 5.53 Å². The molecule has 0 aliphatic carbocycles. The second-order valence-corrected chi connectivity index (χ2v) is 6.02. The topological polar surface area (TPSA) is 70.4 Å². The first-order valence-corrected chi connectivity index (χ1v) is 8.02. The van der Waals surface area contributed by atoms with Crippen LogP contribution in [0.5, 0.6) is 0 Å². The van der Waals surface area contributed by atoms with Crippen LogP contribution in [0.15, 0.2) is 66.7 Å². The molecule has 3 aromatic rings. The van der Waals surface area contributed by atoms with Gasteiger partial charge in [-0.1, -0.05) is 54.6 Å². The van der Waals surface area contributed by atoms with E-state index in [4.69, 9.17) is 5.73 Å². The van der Waals surface area contributed by atoms with Gasteiger partial charge in [-0.3, -0.25) is 9.80 Å². The highest BCUT2D eigenvalue weighted by Gasteiger charge is 2.23. The molecule has 4 N–H and O–H groups in total. The molecule has 25 heavy (non-hydrogen) atoms. The van der Waals surface area contributed by atoms with Gasteiger partial charge in [0.2, 0.25) is 0 Å². The number of amides is 1. The van der Waals surface area contributed by atoms with Crippen molar-refractivity contribution in [2.24, 2.45) is 5.73 Å². The zero-order valence-electron chi connectivity index (χ0n) is 13.8. The number of carbonyl (C=O) groups is 1. The van der Waals surface area contributed by atoms with Crippen molar-refractivity contribution in [1.82, 2.24) is 5.53 Å². The van der Waals surface area contributed by atoms with Crippen LogP contribution in [0.2, 0.25) is 0 Å². The molecule has 0 fully saturated rings. The van der Waals surface area contributed by atoms with Crippen molar-refractivity contribution in [3.63, 3.8) is 0 Å². The fraction of sp³-hybridized carbons (Fsp3) is 0.0500.